The van der Waals surface area contributed by atoms with Crippen LogP contribution in [0.25, 0.3) is 22.3 Å². The van der Waals surface area contributed by atoms with Crippen molar-refractivity contribution >= 4 is 10.9 Å². The molecule has 0 aliphatic rings. The third-order valence-corrected chi connectivity index (χ3v) is 3.59. The second-order valence-electron chi connectivity index (χ2n) is 5.29. The van der Waals surface area contributed by atoms with Gasteiger partial charge in [-0.15, -0.1) is 0 Å². The number of para-hydroxylation sites is 1. The van der Waals surface area contributed by atoms with Crippen LogP contribution in [0.4, 0.5) is 8.78 Å². The summed E-state index contributed by atoms with van der Waals surface area (Å²) in [5.74, 6) is -1.07. The van der Waals surface area contributed by atoms with Gasteiger partial charge in [-0.3, -0.25) is 4.98 Å². The molecule has 4 nitrogen and oxygen atoms in total. The van der Waals surface area contributed by atoms with E-state index in [0.29, 0.717) is 16.7 Å². The molecule has 2 aromatic heterocycles. The Labute approximate surface area is 141 Å². The molecule has 0 bridgehead atoms. The standard InChI is InChI=1S/C19H11F2N3O/c20-15-8-7-13(10-16(15)21)25-19-14-5-1-2-6-17(14)23-18(24-19)12-4-3-9-22-11-12/h1-11H. The molecule has 25 heavy (non-hydrogen) atoms. The van der Waals surface area contributed by atoms with Crippen molar-refractivity contribution in [2.45, 2.75) is 0 Å². The summed E-state index contributed by atoms with van der Waals surface area (Å²) in [6.07, 6.45) is 3.30. The first-order valence-electron chi connectivity index (χ1n) is 7.51. The first-order valence-corrected chi connectivity index (χ1v) is 7.51. The van der Waals surface area contributed by atoms with Crippen molar-refractivity contribution in [1.82, 2.24) is 15.0 Å². The normalized spacial score (nSPS) is 10.8. The van der Waals surface area contributed by atoms with Gasteiger partial charge in [-0.1, -0.05) is 12.1 Å². The van der Waals surface area contributed by atoms with Crippen LogP contribution in [0.5, 0.6) is 11.6 Å². The molecule has 6 heteroatoms. The number of rotatable bonds is 3. The number of ether oxygens (including phenoxy) is 1. The maximum Gasteiger partial charge on any atom is 0.230 e. The number of hydrogen-bond donors (Lipinski definition) is 0. The number of benzene rings is 2. The largest absolute Gasteiger partial charge is 0.438 e. The number of nitrogens with zero attached hydrogens (tertiary/aromatic N) is 3. The zero-order valence-electron chi connectivity index (χ0n) is 12.9. The molecule has 0 saturated carbocycles. The van der Waals surface area contributed by atoms with Gasteiger partial charge in [0.1, 0.15) is 5.75 Å². The van der Waals surface area contributed by atoms with E-state index in [0.717, 1.165) is 17.7 Å². The molecule has 2 aromatic carbocycles. The lowest BCUT2D eigenvalue weighted by atomic mass is 10.2. The summed E-state index contributed by atoms with van der Waals surface area (Å²) in [6, 6.07) is 14.3. The number of hydrogen-bond acceptors (Lipinski definition) is 4. The van der Waals surface area contributed by atoms with Gasteiger partial charge in [-0.2, -0.15) is 4.98 Å². The van der Waals surface area contributed by atoms with Crippen molar-refractivity contribution in [3.05, 3.63) is 78.6 Å². The number of pyridine rings is 1. The number of halogens is 2. The highest BCUT2D eigenvalue weighted by Crippen LogP contribution is 2.30. The van der Waals surface area contributed by atoms with E-state index >= 15 is 0 Å². The second kappa shape index (κ2) is 6.24. The zero-order chi connectivity index (χ0) is 17.2. The van der Waals surface area contributed by atoms with Gasteiger partial charge < -0.3 is 4.74 Å². The third-order valence-electron chi connectivity index (χ3n) is 3.59. The van der Waals surface area contributed by atoms with Crippen LogP contribution in [0, 0.1) is 11.6 Å². The van der Waals surface area contributed by atoms with Gasteiger partial charge in [0.25, 0.3) is 0 Å². The summed E-state index contributed by atoms with van der Waals surface area (Å²) in [4.78, 5) is 13.0. The molecule has 0 spiro atoms. The van der Waals surface area contributed by atoms with E-state index in [2.05, 4.69) is 15.0 Å². The maximum atomic E-state index is 13.4. The molecule has 0 aliphatic carbocycles. The summed E-state index contributed by atoms with van der Waals surface area (Å²) in [5, 5.41) is 0.667. The van der Waals surface area contributed by atoms with Crippen LogP contribution in [0.15, 0.2) is 67.0 Å². The molecular weight excluding hydrogens is 324 g/mol. The first kappa shape index (κ1) is 15.1. The van der Waals surface area contributed by atoms with E-state index in [1.165, 1.54) is 6.07 Å². The molecule has 0 radical (unpaired) electrons. The van der Waals surface area contributed by atoms with Crippen molar-refractivity contribution in [3.63, 3.8) is 0 Å². The Hall–Kier alpha value is -3.41. The van der Waals surface area contributed by atoms with Crippen LogP contribution in [0.2, 0.25) is 0 Å². The molecule has 0 fully saturated rings. The van der Waals surface area contributed by atoms with Gasteiger partial charge in [0.05, 0.1) is 10.9 Å². The fourth-order valence-corrected chi connectivity index (χ4v) is 2.40. The average Bonchev–Trinajstić information content (AvgIpc) is 2.65. The Balaban J connectivity index is 1.85. The minimum atomic E-state index is -0.983. The lowest BCUT2D eigenvalue weighted by Gasteiger charge is -2.10. The fourth-order valence-electron chi connectivity index (χ4n) is 2.40. The molecule has 2 heterocycles. The molecule has 4 aromatic rings. The molecule has 0 unspecified atom stereocenters. The van der Waals surface area contributed by atoms with Gasteiger partial charge in [0, 0.05) is 24.0 Å². The van der Waals surface area contributed by atoms with E-state index in [1.807, 2.05) is 24.3 Å². The SMILES string of the molecule is Fc1ccc(Oc2nc(-c3cccnc3)nc3ccccc23)cc1F. The van der Waals surface area contributed by atoms with Crippen molar-refractivity contribution in [2.75, 3.05) is 0 Å². The number of aromatic nitrogens is 3. The van der Waals surface area contributed by atoms with Crippen LogP contribution >= 0.6 is 0 Å². The highest BCUT2D eigenvalue weighted by atomic mass is 19.2. The summed E-state index contributed by atoms with van der Waals surface area (Å²) >= 11 is 0. The van der Waals surface area contributed by atoms with E-state index in [9.17, 15) is 8.78 Å². The van der Waals surface area contributed by atoms with Crippen LogP contribution < -0.4 is 4.74 Å². The van der Waals surface area contributed by atoms with Crippen molar-refractivity contribution in [1.29, 1.82) is 0 Å². The van der Waals surface area contributed by atoms with Gasteiger partial charge in [-0.05, 0) is 36.4 Å². The van der Waals surface area contributed by atoms with Crippen LogP contribution in [0.1, 0.15) is 0 Å². The molecule has 122 valence electrons. The monoisotopic (exact) mass is 335 g/mol. The Morgan fingerprint density at radius 1 is 0.840 bits per heavy atom. The van der Waals surface area contributed by atoms with E-state index < -0.39 is 11.6 Å². The Morgan fingerprint density at radius 3 is 2.52 bits per heavy atom. The Kier molecular flexibility index (Phi) is 3.78. The summed E-state index contributed by atoms with van der Waals surface area (Å²) < 4.78 is 32.3. The topological polar surface area (TPSA) is 47.9 Å². The van der Waals surface area contributed by atoms with Crippen LogP contribution in [-0.2, 0) is 0 Å². The number of fused-ring (bicyclic) bond motifs is 1. The molecule has 0 atom stereocenters. The Morgan fingerprint density at radius 2 is 1.72 bits per heavy atom. The van der Waals surface area contributed by atoms with Gasteiger partial charge >= 0.3 is 0 Å². The first-order chi connectivity index (χ1) is 12.2. The van der Waals surface area contributed by atoms with Crippen LogP contribution in [0.3, 0.4) is 0 Å². The summed E-state index contributed by atoms with van der Waals surface area (Å²) in [5.41, 5.74) is 1.40. The third kappa shape index (κ3) is 3.01. The smallest absolute Gasteiger partial charge is 0.230 e. The quantitative estimate of drug-likeness (QED) is 0.541. The van der Waals surface area contributed by atoms with Gasteiger partial charge in [-0.25, -0.2) is 13.8 Å². The fraction of sp³-hybridized carbons (Fsp3) is 0. The van der Waals surface area contributed by atoms with E-state index in [4.69, 9.17) is 4.74 Å². The highest BCUT2D eigenvalue weighted by molar-refractivity contribution is 5.85. The van der Waals surface area contributed by atoms with Crippen LogP contribution in [-0.4, -0.2) is 15.0 Å². The Bertz CT molecular complexity index is 1050. The van der Waals surface area contributed by atoms with Crippen molar-refractivity contribution in [2.24, 2.45) is 0 Å². The molecule has 0 N–H and O–H groups in total. The molecule has 0 saturated heterocycles. The maximum absolute atomic E-state index is 13.4. The minimum absolute atomic E-state index is 0.153. The predicted octanol–water partition coefficient (Wildman–Crippen LogP) is 4.76. The highest BCUT2D eigenvalue weighted by Gasteiger charge is 2.12. The van der Waals surface area contributed by atoms with Gasteiger partial charge in [0.15, 0.2) is 17.5 Å². The second-order valence-corrected chi connectivity index (χ2v) is 5.29. The lowest BCUT2D eigenvalue weighted by Crippen LogP contribution is -1.97. The zero-order valence-corrected chi connectivity index (χ0v) is 12.9. The molecule has 0 aliphatic heterocycles. The molecular formula is C19H11F2N3O. The average molecular weight is 335 g/mol. The van der Waals surface area contributed by atoms with E-state index in [1.54, 1.807) is 24.5 Å². The molecule has 4 rings (SSSR count). The van der Waals surface area contributed by atoms with E-state index in [-0.39, 0.29) is 11.6 Å². The van der Waals surface area contributed by atoms with Gasteiger partial charge in [0.2, 0.25) is 5.88 Å². The van der Waals surface area contributed by atoms with Crippen molar-refractivity contribution < 1.29 is 13.5 Å². The predicted molar refractivity (Wildman–Crippen MR) is 89.2 cm³/mol. The summed E-state index contributed by atoms with van der Waals surface area (Å²) in [7, 11) is 0. The molecule has 0 amide bonds. The van der Waals surface area contributed by atoms with Crippen molar-refractivity contribution in [3.8, 4) is 23.0 Å². The minimum Gasteiger partial charge on any atom is -0.438 e. The lowest BCUT2D eigenvalue weighted by molar-refractivity contribution is 0.452. The summed E-state index contributed by atoms with van der Waals surface area (Å²) in [6.45, 7) is 0.